The van der Waals surface area contributed by atoms with Crippen LogP contribution in [0.5, 0.6) is 0 Å². The van der Waals surface area contributed by atoms with Crippen LogP contribution >= 0.6 is 11.6 Å². The number of hydrogen-bond donors (Lipinski definition) is 1. The molecule has 0 fully saturated rings. The minimum atomic E-state index is -0.918. The van der Waals surface area contributed by atoms with Gasteiger partial charge in [0, 0.05) is 0 Å². The number of aromatic nitrogens is 1. The Kier molecular flexibility index (Phi) is 3.40. The van der Waals surface area contributed by atoms with Crippen LogP contribution in [-0.4, -0.2) is 16.1 Å². The molecule has 0 unspecified atom stereocenters. The summed E-state index contributed by atoms with van der Waals surface area (Å²) in [7, 11) is 0. The van der Waals surface area contributed by atoms with Gasteiger partial charge in [-0.1, -0.05) is 41.9 Å². The van der Waals surface area contributed by atoms with Crippen LogP contribution in [0.1, 0.15) is 5.69 Å². The Morgan fingerprint density at radius 2 is 1.88 bits per heavy atom. The molecule has 1 heterocycles. The molecular formula is C13H10ClNO2. The minimum Gasteiger partial charge on any atom is -0.481 e. The Morgan fingerprint density at radius 3 is 2.53 bits per heavy atom. The third kappa shape index (κ3) is 3.04. The molecule has 0 spiro atoms. The number of rotatable bonds is 3. The third-order valence-corrected chi connectivity index (χ3v) is 2.48. The molecule has 2 rings (SSSR count). The van der Waals surface area contributed by atoms with E-state index in [0.29, 0.717) is 10.8 Å². The van der Waals surface area contributed by atoms with Gasteiger partial charge >= 0.3 is 5.97 Å². The molecule has 1 aromatic carbocycles. The van der Waals surface area contributed by atoms with Gasteiger partial charge in [-0.25, -0.2) is 4.98 Å². The van der Waals surface area contributed by atoms with E-state index in [1.807, 2.05) is 30.3 Å². The molecule has 0 radical (unpaired) electrons. The van der Waals surface area contributed by atoms with E-state index in [1.54, 1.807) is 12.1 Å². The highest BCUT2D eigenvalue weighted by Gasteiger charge is 2.06. The maximum absolute atomic E-state index is 10.6. The van der Waals surface area contributed by atoms with E-state index >= 15 is 0 Å². The van der Waals surface area contributed by atoms with Crippen molar-refractivity contribution in [2.75, 3.05) is 0 Å². The molecule has 86 valence electrons. The lowest BCUT2D eigenvalue weighted by molar-refractivity contribution is -0.136. The fourth-order valence-corrected chi connectivity index (χ4v) is 1.82. The number of carbonyl (C=O) groups is 1. The van der Waals surface area contributed by atoms with E-state index in [-0.39, 0.29) is 6.42 Å². The SMILES string of the molecule is O=C(O)Cc1cc(-c2ccccc2)cc(Cl)n1. The second kappa shape index (κ2) is 4.97. The molecule has 17 heavy (non-hydrogen) atoms. The molecule has 0 saturated heterocycles. The number of halogens is 1. The van der Waals surface area contributed by atoms with Gasteiger partial charge in [-0.05, 0) is 23.3 Å². The second-order valence-electron chi connectivity index (χ2n) is 3.61. The summed E-state index contributed by atoms with van der Waals surface area (Å²) in [5, 5.41) is 9.04. The Hall–Kier alpha value is -1.87. The molecule has 4 heteroatoms. The average Bonchev–Trinajstić information content (AvgIpc) is 2.28. The van der Waals surface area contributed by atoms with E-state index in [0.717, 1.165) is 11.1 Å². The van der Waals surface area contributed by atoms with E-state index < -0.39 is 5.97 Å². The first-order valence-corrected chi connectivity index (χ1v) is 5.46. The van der Waals surface area contributed by atoms with Crippen LogP contribution in [-0.2, 0) is 11.2 Å². The van der Waals surface area contributed by atoms with Crippen molar-refractivity contribution in [3.63, 3.8) is 0 Å². The Morgan fingerprint density at radius 1 is 1.18 bits per heavy atom. The van der Waals surface area contributed by atoms with Crippen molar-refractivity contribution < 1.29 is 9.90 Å². The fourth-order valence-electron chi connectivity index (χ4n) is 1.59. The van der Waals surface area contributed by atoms with Crippen molar-refractivity contribution in [2.45, 2.75) is 6.42 Å². The molecule has 3 nitrogen and oxygen atoms in total. The van der Waals surface area contributed by atoms with E-state index in [9.17, 15) is 4.79 Å². The number of benzene rings is 1. The molecule has 0 amide bonds. The molecule has 0 aliphatic rings. The predicted molar refractivity (Wildman–Crippen MR) is 66.0 cm³/mol. The number of aliphatic carboxylic acids is 1. The maximum Gasteiger partial charge on any atom is 0.309 e. The average molecular weight is 248 g/mol. The van der Waals surface area contributed by atoms with Crippen molar-refractivity contribution in [1.82, 2.24) is 4.98 Å². The van der Waals surface area contributed by atoms with Crippen LogP contribution in [0.2, 0.25) is 5.15 Å². The van der Waals surface area contributed by atoms with Gasteiger partial charge in [0.2, 0.25) is 0 Å². The topological polar surface area (TPSA) is 50.2 Å². The van der Waals surface area contributed by atoms with Gasteiger partial charge in [0.05, 0.1) is 12.1 Å². The standard InChI is InChI=1S/C13H10ClNO2/c14-12-7-10(9-4-2-1-3-5-9)6-11(15-12)8-13(16)17/h1-7H,8H2,(H,16,17). The first-order valence-electron chi connectivity index (χ1n) is 5.09. The van der Waals surface area contributed by atoms with Gasteiger partial charge in [0.25, 0.3) is 0 Å². The predicted octanol–water partition coefficient (Wildman–Crippen LogP) is 3.03. The van der Waals surface area contributed by atoms with Crippen LogP contribution < -0.4 is 0 Å². The van der Waals surface area contributed by atoms with Crippen LogP contribution in [0.3, 0.4) is 0 Å². The molecule has 0 bridgehead atoms. The molecule has 0 aliphatic heterocycles. The zero-order valence-corrected chi connectivity index (χ0v) is 9.69. The number of carboxylic acids is 1. The highest BCUT2D eigenvalue weighted by Crippen LogP contribution is 2.22. The largest absolute Gasteiger partial charge is 0.481 e. The third-order valence-electron chi connectivity index (χ3n) is 2.29. The highest BCUT2D eigenvalue weighted by molar-refractivity contribution is 6.29. The van der Waals surface area contributed by atoms with Crippen LogP contribution in [0, 0.1) is 0 Å². The van der Waals surface area contributed by atoms with Crippen molar-refractivity contribution in [3.05, 3.63) is 53.3 Å². The van der Waals surface area contributed by atoms with Crippen molar-refractivity contribution in [2.24, 2.45) is 0 Å². The lowest BCUT2D eigenvalue weighted by atomic mass is 10.1. The van der Waals surface area contributed by atoms with E-state index in [1.165, 1.54) is 0 Å². The summed E-state index contributed by atoms with van der Waals surface area (Å²) >= 11 is 5.88. The molecule has 1 aromatic heterocycles. The lowest BCUT2D eigenvalue weighted by Crippen LogP contribution is -2.02. The summed E-state index contributed by atoms with van der Waals surface area (Å²) in [5.74, 6) is -0.918. The number of nitrogens with zero attached hydrogens (tertiary/aromatic N) is 1. The number of hydrogen-bond acceptors (Lipinski definition) is 2. The lowest BCUT2D eigenvalue weighted by Gasteiger charge is -2.04. The summed E-state index contributed by atoms with van der Waals surface area (Å²) < 4.78 is 0. The van der Waals surface area contributed by atoms with Crippen LogP contribution in [0.15, 0.2) is 42.5 Å². The Labute approximate surface area is 104 Å². The summed E-state index contributed by atoms with van der Waals surface area (Å²) in [6.45, 7) is 0. The van der Waals surface area contributed by atoms with E-state index in [4.69, 9.17) is 16.7 Å². The number of pyridine rings is 1. The van der Waals surface area contributed by atoms with Crippen LogP contribution in [0.4, 0.5) is 0 Å². The summed E-state index contributed by atoms with van der Waals surface area (Å²) in [5.41, 5.74) is 2.33. The minimum absolute atomic E-state index is 0.125. The first kappa shape index (κ1) is 11.6. The molecule has 2 aromatic rings. The molecule has 0 saturated carbocycles. The smallest absolute Gasteiger partial charge is 0.309 e. The van der Waals surface area contributed by atoms with E-state index in [2.05, 4.69) is 4.98 Å². The van der Waals surface area contributed by atoms with Gasteiger partial charge in [-0.2, -0.15) is 0 Å². The van der Waals surface area contributed by atoms with Gasteiger partial charge in [-0.15, -0.1) is 0 Å². The fraction of sp³-hybridized carbons (Fsp3) is 0.0769. The van der Waals surface area contributed by atoms with Gasteiger partial charge in [0.15, 0.2) is 0 Å². The first-order chi connectivity index (χ1) is 8.15. The summed E-state index contributed by atoms with van der Waals surface area (Å²) in [6, 6.07) is 13.1. The van der Waals surface area contributed by atoms with Crippen molar-refractivity contribution >= 4 is 17.6 Å². The zero-order chi connectivity index (χ0) is 12.3. The van der Waals surface area contributed by atoms with Gasteiger partial charge in [0.1, 0.15) is 5.15 Å². The summed E-state index contributed by atoms with van der Waals surface area (Å²) in [4.78, 5) is 14.6. The molecule has 0 atom stereocenters. The molecular weight excluding hydrogens is 238 g/mol. The van der Waals surface area contributed by atoms with Crippen LogP contribution in [0.25, 0.3) is 11.1 Å². The molecule has 0 aliphatic carbocycles. The Balaban J connectivity index is 2.42. The second-order valence-corrected chi connectivity index (χ2v) is 3.99. The quantitative estimate of drug-likeness (QED) is 0.849. The van der Waals surface area contributed by atoms with Crippen molar-refractivity contribution in [1.29, 1.82) is 0 Å². The molecule has 1 N–H and O–H groups in total. The van der Waals surface area contributed by atoms with Crippen molar-refractivity contribution in [3.8, 4) is 11.1 Å². The zero-order valence-electron chi connectivity index (χ0n) is 8.93. The van der Waals surface area contributed by atoms with Gasteiger partial charge < -0.3 is 5.11 Å². The normalized spacial score (nSPS) is 10.2. The number of carboxylic acid groups (broad SMARTS) is 1. The Bertz CT molecular complexity index is 540. The van der Waals surface area contributed by atoms with Gasteiger partial charge in [-0.3, -0.25) is 4.79 Å². The maximum atomic E-state index is 10.6. The highest BCUT2D eigenvalue weighted by atomic mass is 35.5. The monoisotopic (exact) mass is 247 g/mol. The summed E-state index contributed by atoms with van der Waals surface area (Å²) in [6.07, 6.45) is -0.125.